The average molecular weight is 321 g/mol. The molecular weight excluding hydrogens is 310 g/mol. The number of fused-ring (bicyclic) bond motifs is 1. The Hall–Kier alpha value is -1.84. The van der Waals surface area contributed by atoms with E-state index in [9.17, 15) is 4.39 Å². The van der Waals surface area contributed by atoms with Crippen LogP contribution in [0.25, 0.3) is 10.9 Å². The predicted molar refractivity (Wildman–Crippen MR) is 85.5 cm³/mol. The quantitative estimate of drug-likeness (QED) is 0.709. The Labute approximate surface area is 131 Å². The van der Waals surface area contributed by atoms with Crippen molar-refractivity contribution in [2.24, 2.45) is 0 Å². The number of aromatic nitrogens is 1. The molecule has 3 aromatic rings. The van der Waals surface area contributed by atoms with E-state index in [0.717, 1.165) is 16.5 Å². The maximum Gasteiger partial charge on any atom is 0.147 e. The van der Waals surface area contributed by atoms with Gasteiger partial charge in [-0.1, -0.05) is 29.3 Å². The van der Waals surface area contributed by atoms with Gasteiger partial charge in [0.2, 0.25) is 0 Å². The van der Waals surface area contributed by atoms with Crippen molar-refractivity contribution in [3.63, 3.8) is 0 Å². The number of hydrogen-bond acceptors (Lipinski definition) is 2. The lowest BCUT2D eigenvalue weighted by Gasteiger charge is -2.10. The van der Waals surface area contributed by atoms with Crippen LogP contribution < -0.4 is 5.32 Å². The molecule has 5 heteroatoms. The van der Waals surface area contributed by atoms with E-state index in [1.165, 1.54) is 6.07 Å². The number of halogens is 3. The predicted octanol–water partition coefficient (Wildman–Crippen LogP) is 5.29. The normalized spacial score (nSPS) is 10.8. The molecule has 0 spiro atoms. The van der Waals surface area contributed by atoms with Crippen LogP contribution in [0.2, 0.25) is 10.0 Å². The van der Waals surface area contributed by atoms with Gasteiger partial charge in [-0.15, -0.1) is 0 Å². The molecule has 3 rings (SSSR count). The topological polar surface area (TPSA) is 24.9 Å². The summed E-state index contributed by atoms with van der Waals surface area (Å²) in [5.41, 5.74) is 2.16. The summed E-state index contributed by atoms with van der Waals surface area (Å²) < 4.78 is 13.7. The van der Waals surface area contributed by atoms with Gasteiger partial charge < -0.3 is 5.32 Å². The van der Waals surface area contributed by atoms with Crippen LogP contribution in [0, 0.1) is 5.82 Å². The Morgan fingerprint density at radius 3 is 2.76 bits per heavy atom. The first-order valence-corrected chi connectivity index (χ1v) is 7.12. The van der Waals surface area contributed by atoms with Crippen LogP contribution in [0.5, 0.6) is 0 Å². The smallest absolute Gasteiger partial charge is 0.147 e. The van der Waals surface area contributed by atoms with Gasteiger partial charge in [-0.2, -0.15) is 0 Å². The zero-order valence-electron chi connectivity index (χ0n) is 10.9. The van der Waals surface area contributed by atoms with E-state index >= 15 is 0 Å². The average Bonchev–Trinajstić information content (AvgIpc) is 2.48. The molecule has 1 N–H and O–H groups in total. The molecule has 0 saturated heterocycles. The third kappa shape index (κ3) is 2.94. The van der Waals surface area contributed by atoms with Crippen LogP contribution in [0.1, 0.15) is 5.56 Å². The number of pyridine rings is 1. The van der Waals surface area contributed by atoms with Gasteiger partial charge in [-0.3, -0.25) is 4.98 Å². The molecule has 0 aliphatic carbocycles. The first kappa shape index (κ1) is 14.1. The second-order valence-corrected chi connectivity index (χ2v) is 5.43. The number of anilines is 1. The van der Waals surface area contributed by atoms with Crippen molar-refractivity contribution >= 4 is 39.8 Å². The van der Waals surface area contributed by atoms with Gasteiger partial charge in [-0.25, -0.2) is 4.39 Å². The van der Waals surface area contributed by atoms with Crippen molar-refractivity contribution in [1.82, 2.24) is 4.98 Å². The van der Waals surface area contributed by atoms with Gasteiger partial charge in [0.05, 0.1) is 11.2 Å². The summed E-state index contributed by atoms with van der Waals surface area (Å²) in [6.45, 7) is 0.448. The van der Waals surface area contributed by atoms with E-state index in [1.54, 1.807) is 18.3 Å². The molecule has 1 aromatic heterocycles. The summed E-state index contributed by atoms with van der Waals surface area (Å²) in [5.74, 6) is -0.381. The Morgan fingerprint density at radius 1 is 1.10 bits per heavy atom. The molecule has 0 saturated carbocycles. The first-order valence-electron chi connectivity index (χ1n) is 6.36. The maximum atomic E-state index is 13.7. The highest BCUT2D eigenvalue weighted by molar-refractivity contribution is 6.35. The molecule has 0 fully saturated rings. The van der Waals surface area contributed by atoms with Crippen molar-refractivity contribution in [2.75, 3.05) is 5.32 Å². The third-order valence-electron chi connectivity index (χ3n) is 3.20. The fourth-order valence-electron chi connectivity index (χ4n) is 2.16. The number of nitrogens with one attached hydrogen (secondary N) is 1. The molecular formula is C16H11Cl2FN2. The first-order chi connectivity index (χ1) is 10.1. The lowest BCUT2D eigenvalue weighted by atomic mass is 10.1. The zero-order valence-corrected chi connectivity index (χ0v) is 12.4. The van der Waals surface area contributed by atoms with Crippen LogP contribution in [0.15, 0.2) is 48.7 Å². The van der Waals surface area contributed by atoms with Crippen LogP contribution in [0.3, 0.4) is 0 Å². The molecule has 0 bridgehead atoms. The van der Waals surface area contributed by atoms with Gasteiger partial charge in [0.15, 0.2) is 0 Å². The van der Waals surface area contributed by atoms with Crippen molar-refractivity contribution in [3.8, 4) is 0 Å². The highest BCUT2D eigenvalue weighted by Gasteiger charge is 2.07. The highest BCUT2D eigenvalue weighted by atomic mass is 35.5. The second kappa shape index (κ2) is 5.88. The van der Waals surface area contributed by atoms with Gasteiger partial charge in [-0.05, 0) is 42.0 Å². The largest absolute Gasteiger partial charge is 0.379 e. The van der Waals surface area contributed by atoms with E-state index in [2.05, 4.69) is 10.3 Å². The molecule has 0 aliphatic rings. The second-order valence-electron chi connectivity index (χ2n) is 4.58. The number of nitrogens with zero attached hydrogens (tertiary/aromatic N) is 1. The van der Waals surface area contributed by atoms with E-state index in [-0.39, 0.29) is 5.82 Å². The molecule has 0 aliphatic heterocycles. The Morgan fingerprint density at radius 2 is 1.95 bits per heavy atom. The van der Waals surface area contributed by atoms with E-state index in [1.807, 2.05) is 24.3 Å². The SMILES string of the molecule is Fc1cc(Cl)ccc1NCc1ccc(Cl)c2cccnc12. The van der Waals surface area contributed by atoms with Crippen molar-refractivity contribution < 1.29 is 4.39 Å². The standard InChI is InChI=1S/C16H11Cl2FN2/c17-11-4-6-15(14(19)8-11)21-9-10-3-5-13(18)12-2-1-7-20-16(10)12/h1-8,21H,9H2. The Balaban J connectivity index is 1.90. The Bertz CT molecular complexity index is 805. The van der Waals surface area contributed by atoms with Gasteiger partial charge in [0.25, 0.3) is 0 Å². The van der Waals surface area contributed by atoms with Crippen molar-refractivity contribution in [3.05, 3.63) is 70.1 Å². The molecule has 2 nitrogen and oxygen atoms in total. The summed E-state index contributed by atoms with van der Waals surface area (Å²) in [6, 6.07) is 12.0. The highest BCUT2D eigenvalue weighted by Crippen LogP contribution is 2.26. The molecule has 0 amide bonds. The van der Waals surface area contributed by atoms with Crippen LogP contribution in [0.4, 0.5) is 10.1 Å². The van der Waals surface area contributed by atoms with E-state index < -0.39 is 0 Å². The van der Waals surface area contributed by atoms with Crippen LogP contribution in [-0.4, -0.2) is 4.98 Å². The monoisotopic (exact) mass is 320 g/mol. The van der Waals surface area contributed by atoms with Crippen LogP contribution in [-0.2, 0) is 6.54 Å². The minimum atomic E-state index is -0.381. The van der Waals surface area contributed by atoms with Gasteiger partial charge >= 0.3 is 0 Å². The molecule has 0 atom stereocenters. The number of hydrogen-bond donors (Lipinski definition) is 1. The fraction of sp³-hybridized carbons (Fsp3) is 0.0625. The molecule has 0 radical (unpaired) electrons. The lowest BCUT2D eigenvalue weighted by molar-refractivity contribution is 0.630. The Kier molecular flexibility index (Phi) is 3.95. The van der Waals surface area contributed by atoms with Crippen LogP contribution >= 0.6 is 23.2 Å². The fourth-order valence-corrected chi connectivity index (χ4v) is 2.54. The van der Waals surface area contributed by atoms with E-state index in [0.29, 0.717) is 22.3 Å². The summed E-state index contributed by atoms with van der Waals surface area (Å²) in [5, 5.41) is 4.96. The third-order valence-corrected chi connectivity index (χ3v) is 3.77. The van der Waals surface area contributed by atoms with Crippen molar-refractivity contribution in [2.45, 2.75) is 6.54 Å². The molecule has 1 heterocycles. The summed E-state index contributed by atoms with van der Waals surface area (Å²) >= 11 is 11.9. The number of rotatable bonds is 3. The summed E-state index contributed by atoms with van der Waals surface area (Å²) in [7, 11) is 0. The summed E-state index contributed by atoms with van der Waals surface area (Å²) in [4.78, 5) is 4.35. The molecule has 2 aromatic carbocycles. The minimum Gasteiger partial charge on any atom is -0.379 e. The summed E-state index contributed by atoms with van der Waals surface area (Å²) in [6.07, 6.45) is 1.71. The zero-order chi connectivity index (χ0) is 14.8. The molecule has 21 heavy (non-hydrogen) atoms. The number of benzene rings is 2. The maximum absolute atomic E-state index is 13.7. The van der Waals surface area contributed by atoms with Gasteiger partial charge in [0.1, 0.15) is 5.82 Å². The van der Waals surface area contributed by atoms with Gasteiger partial charge in [0, 0.05) is 28.2 Å². The minimum absolute atomic E-state index is 0.372. The molecule has 106 valence electrons. The van der Waals surface area contributed by atoms with Crippen molar-refractivity contribution in [1.29, 1.82) is 0 Å². The lowest BCUT2D eigenvalue weighted by Crippen LogP contribution is -2.02. The molecule has 0 unspecified atom stereocenters. The van der Waals surface area contributed by atoms with E-state index in [4.69, 9.17) is 23.2 Å².